The maximum Gasteiger partial charge on any atom is 0.240 e. The normalized spacial score (nSPS) is 20.3. The van der Waals surface area contributed by atoms with Crippen LogP contribution in [0.3, 0.4) is 0 Å². The van der Waals surface area contributed by atoms with E-state index in [1.165, 1.54) is 16.4 Å². The Hall–Kier alpha value is -1.00. The minimum atomic E-state index is -3.68. The molecule has 0 amide bonds. The molecule has 0 aromatic heterocycles. The molecule has 1 aromatic carbocycles. The van der Waals surface area contributed by atoms with Crippen molar-refractivity contribution in [1.29, 1.82) is 0 Å². The lowest BCUT2D eigenvalue weighted by atomic mass is 10.2. The van der Waals surface area contributed by atoms with Crippen LogP contribution in [0.1, 0.15) is 12.8 Å². The summed E-state index contributed by atoms with van der Waals surface area (Å²) in [7, 11) is -7.18. The van der Waals surface area contributed by atoms with Gasteiger partial charge in [-0.2, -0.15) is 4.31 Å². The molecule has 0 aliphatic carbocycles. The zero-order valence-corrected chi connectivity index (χ0v) is 13.8. The van der Waals surface area contributed by atoms with Gasteiger partial charge in [-0.25, -0.2) is 21.6 Å². The van der Waals surface area contributed by atoms with Crippen molar-refractivity contribution < 1.29 is 16.8 Å². The summed E-state index contributed by atoms with van der Waals surface area (Å²) >= 11 is 0. The molecule has 0 bridgehead atoms. The van der Waals surface area contributed by atoms with E-state index in [0.717, 1.165) is 12.8 Å². The van der Waals surface area contributed by atoms with Crippen LogP contribution < -0.4 is 10.5 Å². The van der Waals surface area contributed by atoms with Crippen molar-refractivity contribution in [3.8, 4) is 0 Å². The van der Waals surface area contributed by atoms with Gasteiger partial charge in [0.15, 0.2) is 0 Å². The predicted molar refractivity (Wildman–Crippen MR) is 84.2 cm³/mol. The highest BCUT2D eigenvalue weighted by Crippen LogP contribution is 2.20. The summed E-state index contributed by atoms with van der Waals surface area (Å²) < 4.78 is 52.3. The number of sulfonamides is 2. The highest BCUT2D eigenvalue weighted by molar-refractivity contribution is 7.90. The van der Waals surface area contributed by atoms with Crippen molar-refractivity contribution in [2.45, 2.75) is 23.8 Å². The molecule has 0 spiro atoms. The van der Waals surface area contributed by atoms with Crippen LogP contribution in [-0.4, -0.2) is 52.6 Å². The average Bonchev–Trinajstić information content (AvgIpc) is 2.97. The summed E-state index contributed by atoms with van der Waals surface area (Å²) in [6.07, 6.45) is 1.54. The molecule has 1 heterocycles. The minimum Gasteiger partial charge on any atom is -0.329 e. The quantitative estimate of drug-likeness (QED) is 0.705. The molecule has 22 heavy (non-hydrogen) atoms. The summed E-state index contributed by atoms with van der Waals surface area (Å²) in [5, 5.41) is 0. The topological polar surface area (TPSA) is 110 Å². The van der Waals surface area contributed by atoms with E-state index < -0.39 is 20.0 Å². The number of rotatable bonds is 7. The number of nitrogens with one attached hydrogen (secondary N) is 1. The van der Waals surface area contributed by atoms with Crippen LogP contribution in [0, 0.1) is 0 Å². The first-order valence-electron chi connectivity index (χ1n) is 7.11. The third-order valence-corrected chi connectivity index (χ3v) is 7.05. The fourth-order valence-corrected chi connectivity index (χ4v) is 5.35. The largest absolute Gasteiger partial charge is 0.329 e. The number of hydrogen-bond acceptors (Lipinski definition) is 5. The Labute approximate surface area is 131 Å². The number of nitrogens with two attached hydrogens (primary N) is 1. The molecule has 1 aliphatic heterocycles. The Kier molecular flexibility index (Phi) is 5.56. The summed E-state index contributed by atoms with van der Waals surface area (Å²) in [6, 6.07) is 7.69. The molecule has 124 valence electrons. The molecule has 0 radical (unpaired) electrons. The van der Waals surface area contributed by atoms with Gasteiger partial charge in [-0.1, -0.05) is 18.2 Å². The lowest BCUT2D eigenvalue weighted by molar-refractivity contribution is 0.393. The van der Waals surface area contributed by atoms with Crippen LogP contribution >= 0.6 is 0 Å². The maximum atomic E-state index is 12.3. The van der Waals surface area contributed by atoms with Crippen molar-refractivity contribution in [3.63, 3.8) is 0 Å². The van der Waals surface area contributed by atoms with Gasteiger partial charge in [-0.3, -0.25) is 0 Å². The summed E-state index contributed by atoms with van der Waals surface area (Å²) in [4.78, 5) is 0.119. The van der Waals surface area contributed by atoms with E-state index >= 15 is 0 Å². The van der Waals surface area contributed by atoms with Crippen LogP contribution in [-0.2, 0) is 20.0 Å². The van der Waals surface area contributed by atoms with E-state index in [-0.39, 0.29) is 29.8 Å². The van der Waals surface area contributed by atoms with Crippen LogP contribution in [0.4, 0.5) is 0 Å². The molecule has 1 aliphatic rings. The van der Waals surface area contributed by atoms with Crippen LogP contribution in [0.15, 0.2) is 35.2 Å². The Balaban J connectivity index is 1.96. The van der Waals surface area contributed by atoms with Crippen molar-refractivity contribution >= 4 is 20.0 Å². The molecule has 1 unspecified atom stereocenters. The van der Waals surface area contributed by atoms with Crippen molar-refractivity contribution in [3.05, 3.63) is 30.3 Å². The molecule has 9 heteroatoms. The van der Waals surface area contributed by atoms with Gasteiger partial charge >= 0.3 is 0 Å². The first kappa shape index (κ1) is 17.4. The second-order valence-electron chi connectivity index (χ2n) is 5.17. The zero-order chi connectivity index (χ0) is 16.2. The number of hydrogen-bond donors (Lipinski definition) is 2. The SMILES string of the molecule is NCC1CCCN1S(=O)(=O)CCNS(=O)(=O)c1ccccc1. The van der Waals surface area contributed by atoms with Crippen LogP contribution in [0.25, 0.3) is 0 Å². The summed E-state index contributed by atoms with van der Waals surface area (Å²) in [6.45, 7) is 0.581. The molecule has 7 nitrogen and oxygen atoms in total. The Morgan fingerprint density at radius 3 is 2.50 bits per heavy atom. The first-order valence-corrected chi connectivity index (χ1v) is 10.2. The van der Waals surface area contributed by atoms with Crippen molar-refractivity contribution in [2.24, 2.45) is 5.73 Å². The van der Waals surface area contributed by atoms with Gasteiger partial charge in [0.1, 0.15) is 0 Å². The van der Waals surface area contributed by atoms with Gasteiger partial charge in [0, 0.05) is 25.7 Å². The molecular formula is C13H21N3O4S2. The summed E-state index contributed by atoms with van der Waals surface area (Å²) in [5.74, 6) is -0.268. The fraction of sp³-hybridized carbons (Fsp3) is 0.538. The molecule has 2 rings (SSSR count). The third-order valence-electron chi connectivity index (χ3n) is 3.66. The van der Waals surface area contributed by atoms with Crippen molar-refractivity contribution in [1.82, 2.24) is 9.03 Å². The van der Waals surface area contributed by atoms with Gasteiger partial charge in [-0.05, 0) is 25.0 Å². The lowest BCUT2D eigenvalue weighted by Gasteiger charge is -2.22. The van der Waals surface area contributed by atoms with E-state index in [0.29, 0.717) is 6.54 Å². The first-order chi connectivity index (χ1) is 10.4. The Bertz CT molecular complexity index is 689. The van der Waals surface area contributed by atoms with Gasteiger partial charge < -0.3 is 5.73 Å². The predicted octanol–water partition coefficient (Wildman–Crippen LogP) is -0.282. The highest BCUT2D eigenvalue weighted by atomic mass is 32.2. The average molecular weight is 347 g/mol. The van der Waals surface area contributed by atoms with Gasteiger partial charge in [0.05, 0.1) is 10.6 Å². The van der Waals surface area contributed by atoms with E-state index in [9.17, 15) is 16.8 Å². The fourth-order valence-electron chi connectivity index (χ4n) is 2.52. The molecule has 1 atom stereocenters. The Morgan fingerprint density at radius 2 is 1.86 bits per heavy atom. The highest BCUT2D eigenvalue weighted by Gasteiger charge is 2.33. The second kappa shape index (κ2) is 7.05. The molecule has 3 N–H and O–H groups in total. The molecule has 1 aromatic rings. The second-order valence-corrected chi connectivity index (χ2v) is 8.98. The molecular weight excluding hydrogens is 326 g/mol. The van der Waals surface area contributed by atoms with Gasteiger partial charge in [-0.15, -0.1) is 0 Å². The lowest BCUT2D eigenvalue weighted by Crippen LogP contribution is -2.43. The van der Waals surface area contributed by atoms with E-state index in [4.69, 9.17) is 5.73 Å². The monoisotopic (exact) mass is 347 g/mol. The summed E-state index contributed by atoms with van der Waals surface area (Å²) in [5.41, 5.74) is 5.58. The molecule has 1 fully saturated rings. The smallest absolute Gasteiger partial charge is 0.240 e. The van der Waals surface area contributed by atoms with Gasteiger partial charge in [0.2, 0.25) is 20.0 Å². The van der Waals surface area contributed by atoms with Crippen molar-refractivity contribution in [2.75, 3.05) is 25.4 Å². The van der Waals surface area contributed by atoms with Gasteiger partial charge in [0.25, 0.3) is 0 Å². The third kappa shape index (κ3) is 4.05. The zero-order valence-electron chi connectivity index (χ0n) is 12.2. The Morgan fingerprint density at radius 1 is 1.18 bits per heavy atom. The maximum absolute atomic E-state index is 12.3. The minimum absolute atomic E-state index is 0.119. The van der Waals surface area contributed by atoms with Crippen LogP contribution in [0.2, 0.25) is 0 Å². The van der Waals surface area contributed by atoms with E-state index in [1.807, 2.05) is 0 Å². The molecule has 0 saturated carbocycles. The van der Waals surface area contributed by atoms with E-state index in [2.05, 4.69) is 4.72 Å². The standard InChI is InChI=1S/C13H21N3O4S2/c14-11-12-5-4-9-16(12)21(17,18)10-8-15-22(19,20)13-6-2-1-3-7-13/h1-3,6-7,12,15H,4-5,8-11,14H2. The van der Waals surface area contributed by atoms with Crippen LogP contribution in [0.5, 0.6) is 0 Å². The van der Waals surface area contributed by atoms with E-state index in [1.54, 1.807) is 18.2 Å². The number of nitrogens with zero attached hydrogens (tertiary/aromatic N) is 1. The number of benzene rings is 1. The molecule has 1 saturated heterocycles.